The molecule has 1 saturated heterocycles. The molecule has 0 saturated carbocycles. The van der Waals surface area contributed by atoms with Gasteiger partial charge in [0.25, 0.3) is 5.91 Å². The highest BCUT2D eigenvalue weighted by Crippen LogP contribution is 2.17. The quantitative estimate of drug-likeness (QED) is 0.801. The minimum Gasteiger partial charge on any atom is -0.337 e. The molecule has 1 aromatic carbocycles. The van der Waals surface area contributed by atoms with Gasteiger partial charge in [-0.1, -0.05) is 11.6 Å². The van der Waals surface area contributed by atoms with Crippen molar-refractivity contribution in [3.8, 4) is 0 Å². The first-order valence-corrected chi connectivity index (χ1v) is 7.86. The van der Waals surface area contributed by atoms with Crippen molar-refractivity contribution in [2.45, 2.75) is 13.3 Å². The van der Waals surface area contributed by atoms with Crippen molar-refractivity contribution in [2.24, 2.45) is 0 Å². The Morgan fingerprint density at radius 3 is 2.70 bits per heavy atom. The molecule has 0 radical (unpaired) electrons. The Bertz CT molecular complexity index is 459. The smallest absolute Gasteiger partial charge is 0.253 e. The fourth-order valence-electron chi connectivity index (χ4n) is 2.56. The average Bonchev–Trinajstić information content (AvgIpc) is 2.63. The van der Waals surface area contributed by atoms with Crippen molar-refractivity contribution in [1.29, 1.82) is 0 Å². The van der Waals surface area contributed by atoms with Gasteiger partial charge in [-0.3, -0.25) is 4.79 Å². The highest BCUT2D eigenvalue weighted by atomic mass is 35.5. The van der Waals surface area contributed by atoms with Crippen LogP contribution in [-0.2, 0) is 0 Å². The number of nitrogens with zero attached hydrogens (tertiary/aromatic N) is 2. The number of aryl methyl sites for hydroxylation is 1. The van der Waals surface area contributed by atoms with E-state index in [-0.39, 0.29) is 5.91 Å². The van der Waals surface area contributed by atoms with Gasteiger partial charge in [0.05, 0.1) is 0 Å². The van der Waals surface area contributed by atoms with Crippen LogP contribution < -0.4 is 0 Å². The predicted octanol–water partition coefficient (Wildman–Crippen LogP) is 3.04. The molecule has 0 spiro atoms. The van der Waals surface area contributed by atoms with E-state index in [9.17, 15) is 4.79 Å². The molecule has 0 N–H and O–H groups in total. The molecule has 5 heteroatoms. The van der Waals surface area contributed by atoms with Gasteiger partial charge < -0.3 is 9.80 Å². The second kappa shape index (κ2) is 7.30. The third-order valence-corrected chi connectivity index (χ3v) is 3.95. The number of amides is 1. The van der Waals surface area contributed by atoms with Gasteiger partial charge in [-0.15, -0.1) is 11.6 Å². The molecule has 20 heavy (non-hydrogen) atoms. The monoisotopic (exact) mass is 314 g/mol. The van der Waals surface area contributed by atoms with Crippen LogP contribution in [0.3, 0.4) is 0 Å². The third kappa shape index (κ3) is 4.11. The van der Waals surface area contributed by atoms with Gasteiger partial charge in [0, 0.05) is 42.6 Å². The summed E-state index contributed by atoms with van der Waals surface area (Å²) in [6, 6.07) is 5.51. The molecule has 0 aromatic heterocycles. The van der Waals surface area contributed by atoms with E-state index >= 15 is 0 Å². The van der Waals surface area contributed by atoms with Crippen LogP contribution in [0, 0.1) is 6.92 Å². The number of alkyl halides is 1. The molecule has 3 nitrogen and oxygen atoms in total. The van der Waals surface area contributed by atoms with Crippen LogP contribution in [0.25, 0.3) is 0 Å². The average molecular weight is 315 g/mol. The Kier molecular flexibility index (Phi) is 5.70. The summed E-state index contributed by atoms with van der Waals surface area (Å²) in [5, 5.41) is 0.618. The van der Waals surface area contributed by atoms with E-state index in [1.807, 2.05) is 24.0 Å². The van der Waals surface area contributed by atoms with Crippen LogP contribution in [0.4, 0.5) is 0 Å². The first kappa shape index (κ1) is 15.6. The lowest BCUT2D eigenvalue weighted by molar-refractivity contribution is 0.0761. The van der Waals surface area contributed by atoms with E-state index in [1.54, 1.807) is 6.07 Å². The summed E-state index contributed by atoms with van der Waals surface area (Å²) in [5.74, 6) is 0.713. The molecule has 1 amide bonds. The standard InChI is InChI=1S/C15H20Cl2N2O/c1-12-9-13(11-14(17)10-12)15(20)19-5-2-4-18(6-3-16)7-8-19/h9-11H,2-8H2,1H3. The summed E-state index contributed by atoms with van der Waals surface area (Å²) in [4.78, 5) is 16.8. The minimum atomic E-state index is 0.0725. The summed E-state index contributed by atoms with van der Waals surface area (Å²) in [6.45, 7) is 6.28. The van der Waals surface area contributed by atoms with Crippen molar-refractivity contribution in [2.75, 3.05) is 38.6 Å². The Morgan fingerprint density at radius 2 is 2.00 bits per heavy atom. The number of carbonyl (C=O) groups excluding carboxylic acids is 1. The van der Waals surface area contributed by atoms with E-state index in [1.165, 1.54) is 0 Å². The van der Waals surface area contributed by atoms with E-state index in [0.29, 0.717) is 16.5 Å². The lowest BCUT2D eigenvalue weighted by atomic mass is 10.1. The molecule has 0 atom stereocenters. The lowest BCUT2D eigenvalue weighted by Crippen LogP contribution is -2.35. The van der Waals surface area contributed by atoms with Gasteiger partial charge in [-0.05, 0) is 43.7 Å². The van der Waals surface area contributed by atoms with E-state index in [0.717, 1.165) is 44.7 Å². The van der Waals surface area contributed by atoms with Gasteiger partial charge in [0.2, 0.25) is 0 Å². The number of hydrogen-bond acceptors (Lipinski definition) is 2. The Hall–Kier alpha value is -0.770. The van der Waals surface area contributed by atoms with Crippen LogP contribution in [0.1, 0.15) is 22.3 Å². The van der Waals surface area contributed by atoms with E-state index < -0.39 is 0 Å². The number of benzene rings is 1. The second-order valence-electron chi connectivity index (χ2n) is 5.19. The molecule has 1 aromatic rings. The van der Waals surface area contributed by atoms with Gasteiger partial charge in [-0.2, -0.15) is 0 Å². The van der Waals surface area contributed by atoms with Crippen LogP contribution in [0.15, 0.2) is 18.2 Å². The molecular weight excluding hydrogens is 295 g/mol. The molecule has 1 aliphatic rings. The van der Waals surface area contributed by atoms with Crippen molar-refractivity contribution >= 4 is 29.1 Å². The molecular formula is C15H20Cl2N2O. The van der Waals surface area contributed by atoms with Crippen LogP contribution in [-0.4, -0.2) is 54.3 Å². The normalized spacial score (nSPS) is 17.1. The maximum absolute atomic E-state index is 12.5. The molecule has 1 heterocycles. The molecule has 0 bridgehead atoms. The molecule has 1 fully saturated rings. The zero-order valence-electron chi connectivity index (χ0n) is 11.7. The summed E-state index contributed by atoms with van der Waals surface area (Å²) < 4.78 is 0. The maximum atomic E-state index is 12.5. The number of carbonyl (C=O) groups is 1. The van der Waals surface area contributed by atoms with Crippen LogP contribution >= 0.6 is 23.2 Å². The highest BCUT2D eigenvalue weighted by Gasteiger charge is 2.20. The fraction of sp³-hybridized carbons (Fsp3) is 0.533. The van der Waals surface area contributed by atoms with Gasteiger partial charge in [-0.25, -0.2) is 0 Å². The number of hydrogen-bond donors (Lipinski definition) is 0. The zero-order chi connectivity index (χ0) is 14.5. The maximum Gasteiger partial charge on any atom is 0.253 e. The van der Waals surface area contributed by atoms with Crippen molar-refractivity contribution < 1.29 is 4.79 Å². The fourth-order valence-corrected chi connectivity index (χ4v) is 3.09. The first-order chi connectivity index (χ1) is 9.60. The second-order valence-corrected chi connectivity index (χ2v) is 6.01. The molecule has 0 unspecified atom stereocenters. The predicted molar refractivity (Wildman–Crippen MR) is 83.9 cm³/mol. The Balaban J connectivity index is 2.05. The Morgan fingerprint density at radius 1 is 1.20 bits per heavy atom. The molecule has 110 valence electrons. The summed E-state index contributed by atoms with van der Waals surface area (Å²) in [6.07, 6.45) is 0.988. The van der Waals surface area contributed by atoms with Crippen LogP contribution in [0.5, 0.6) is 0 Å². The van der Waals surface area contributed by atoms with E-state index in [2.05, 4.69) is 4.90 Å². The van der Waals surface area contributed by atoms with E-state index in [4.69, 9.17) is 23.2 Å². The van der Waals surface area contributed by atoms with Crippen molar-refractivity contribution in [3.05, 3.63) is 34.3 Å². The first-order valence-electron chi connectivity index (χ1n) is 6.95. The van der Waals surface area contributed by atoms with Crippen molar-refractivity contribution in [1.82, 2.24) is 9.80 Å². The summed E-state index contributed by atoms with van der Waals surface area (Å²) in [7, 11) is 0. The number of rotatable bonds is 3. The van der Waals surface area contributed by atoms with Gasteiger partial charge in [0.1, 0.15) is 0 Å². The largest absolute Gasteiger partial charge is 0.337 e. The highest BCUT2D eigenvalue weighted by molar-refractivity contribution is 6.31. The van der Waals surface area contributed by atoms with Crippen LogP contribution in [0.2, 0.25) is 5.02 Å². The Labute approximate surface area is 130 Å². The van der Waals surface area contributed by atoms with Gasteiger partial charge in [0.15, 0.2) is 0 Å². The van der Waals surface area contributed by atoms with Gasteiger partial charge >= 0.3 is 0 Å². The molecule has 2 rings (SSSR count). The summed E-state index contributed by atoms with van der Waals surface area (Å²) in [5.41, 5.74) is 1.69. The van der Waals surface area contributed by atoms with Crippen molar-refractivity contribution in [3.63, 3.8) is 0 Å². The third-order valence-electron chi connectivity index (χ3n) is 3.57. The summed E-state index contributed by atoms with van der Waals surface area (Å²) >= 11 is 11.8. The lowest BCUT2D eigenvalue weighted by Gasteiger charge is -2.21. The zero-order valence-corrected chi connectivity index (χ0v) is 13.3. The number of halogens is 2. The minimum absolute atomic E-state index is 0.0725. The topological polar surface area (TPSA) is 23.6 Å². The molecule has 1 aliphatic heterocycles. The molecule has 0 aliphatic carbocycles. The SMILES string of the molecule is Cc1cc(Cl)cc(C(=O)N2CCCN(CCCl)CC2)c1.